The zero-order chi connectivity index (χ0) is 12.5. The summed E-state index contributed by atoms with van der Waals surface area (Å²) in [6, 6.07) is 13.2. The molecule has 0 fully saturated rings. The average molecular weight is 242 g/mol. The predicted octanol–water partition coefficient (Wildman–Crippen LogP) is 2.92. The first kappa shape index (κ1) is 11.2. The van der Waals surface area contributed by atoms with Crippen LogP contribution in [0.4, 0.5) is 10.1 Å². The summed E-state index contributed by atoms with van der Waals surface area (Å²) in [7, 11) is 0. The van der Waals surface area contributed by atoms with Crippen LogP contribution in [0.1, 0.15) is 16.7 Å². The van der Waals surface area contributed by atoms with Crippen molar-refractivity contribution < 1.29 is 4.39 Å². The second-order valence-corrected chi connectivity index (χ2v) is 4.72. The highest BCUT2D eigenvalue weighted by molar-refractivity contribution is 5.47. The smallest absolute Gasteiger partial charge is 0.129 e. The zero-order valence-corrected chi connectivity index (χ0v) is 10.1. The van der Waals surface area contributed by atoms with E-state index in [1.54, 1.807) is 12.1 Å². The Bertz CT molecular complexity index is 535. The first-order chi connectivity index (χ1) is 8.74. The Morgan fingerprint density at radius 2 is 1.67 bits per heavy atom. The number of hydrogen-bond acceptors (Lipinski definition) is 2. The second-order valence-electron chi connectivity index (χ2n) is 4.72. The molecule has 0 saturated carbocycles. The van der Waals surface area contributed by atoms with E-state index in [1.165, 1.54) is 17.2 Å². The van der Waals surface area contributed by atoms with Crippen LogP contribution in [0.2, 0.25) is 0 Å². The van der Waals surface area contributed by atoms with Gasteiger partial charge in [0.05, 0.1) is 0 Å². The third-order valence-corrected chi connectivity index (χ3v) is 3.44. The Hall–Kier alpha value is -1.87. The standard InChI is InChI=1S/C15H15FN2/c16-14-6-3-7-15(17)13(14)10-18-8-11-4-1-2-5-12(11)9-18/h1-7H,8-10,17H2. The van der Waals surface area contributed by atoms with E-state index in [4.69, 9.17) is 5.73 Å². The third kappa shape index (κ3) is 1.97. The molecule has 0 aliphatic carbocycles. The molecule has 0 aromatic heterocycles. The average Bonchev–Trinajstić information content (AvgIpc) is 2.76. The molecule has 18 heavy (non-hydrogen) atoms. The minimum absolute atomic E-state index is 0.217. The number of hydrogen-bond donors (Lipinski definition) is 1. The van der Waals surface area contributed by atoms with E-state index in [0.29, 0.717) is 17.8 Å². The number of halogens is 1. The van der Waals surface area contributed by atoms with Gasteiger partial charge in [-0.3, -0.25) is 4.90 Å². The van der Waals surface area contributed by atoms with Gasteiger partial charge in [-0.15, -0.1) is 0 Å². The van der Waals surface area contributed by atoms with Crippen molar-refractivity contribution in [3.8, 4) is 0 Å². The van der Waals surface area contributed by atoms with Gasteiger partial charge in [-0.1, -0.05) is 30.3 Å². The molecule has 2 nitrogen and oxygen atoms in total. The van der Waals surface area contributed by atoms with Crippen molar-refractivity contribution in [1.82, 2.24) is 4.90 Å². The van der Waals surface area contributed by atoms with E-state index >= 15 is 0 Å². The van der Waals surface area contributed by atoms with Crippen molar-refractivity contribution in [2.24, 2.45) is 0 Å². The van der Waals surface area contributed by atoms with Crippen molar-refractivity contribution in [3.63, 3.8) is 0 Å². The summed E-state index contributed by atoms with van der Waals surface area (Å²) in [4.78, 5) is 2.21. The van der Waals surface area contributed by atoms with E-state index in [-0.39, 0.29) is 5.82 Å². The van der Waals surface area contributed by atoms with Crippen molar-refractivity contribution in [3.05, 3.63) is 65.0 Å². The molecule has 1 aliphatic rings. The van der Waals surface area contributed by atoms with Gasteiger partial charge in [-0.2, -0.15) is 0 Å². The molecule has 2 N–H and O–H groups in total. The van der Waals surface area contributed by atoms with Crippen LogP contribution in [0.15, 0.2) is 42.5 Å². The van der Waals surface area contributed by atoms with Crippen LogP contribution in [-0.4, -0.2) is 4.90 Å². The van der Waals surface area contributed by atoms with Crippen LogP contribution in [0.25, 0.3) is 0 Å². The maximum absolute atomic E-state index is 13.7. The highest BCUT2D eigenvalue weighted by atomic mass is 19.1. The van der Waals surface area contributed by atoms with Crippen LogP contribution < -0.4 is 5.73 Å². The summed E-state index contributed by atoms with van der Waals surface area (Å²) in [6.45, 7) is 2.29. The predicted molar refractivity (Wildman–Crippen MR) is 70.2 cm³/mol. The number of nitrogen functional groups attached to an aromatic ring is 1. The van der Waals surface area contributed by atoms with Gasteiger partial charge in [-0.25, -0.2) is 4.39 Å². The molecule has 0 saturated heterocycles. The minimum Gasteiger partial charge on any atom is -0.398 e. The number of benzene rings is 2. The summed E-state index contributed by atoms with van der Waals surface area (Å²) < 4.78 is 13.7. The molecule has 2 aromatic carbocycles. The fraction of sp³-hybridized carbons (Fsp3) is 0.200. The number of fused-ring (bicyclic) bond motifs is 1. The molecule has 1 heterocycles. The quantitative estimate of drug-likeness (QED) is 0.820. The van der Waals surface area contributed by atoms with Crippen molar-refractivity contribution >= 4 is 5.69 Å². The van der Waals surface area contributed by atoms with Gasteiger partial charge >= 0.3 is 0 Å². The summed E-state index contributed by atoms with van der Waals surface area (Å²) >= 11 is 0. The highest BCUT2D eigenvalue weighted by Gasteiger charge is 2.20. The maximum Gasteiger partial charge on any atom is 0.129 e. The lowest BCUT2D eigenvalue weighted by molar-refractivity contribution is 0.272. The Morgan fingerprint density at radius 1 is 1.00 bits per heavy atom. The lowest BCUT2D eigenvalue weighted by Crippen LogP contribution is -2.17. The number of nitrogens with two attached hydrogens (primary N) is 1. The van der Waals surface area contributed by atoms with E-state index in [0.717, 1.165) is 13.1 Å². The molecular weight excluding hydrogens is 227 g/mol. The molecule has 0 amide bonds. The monoisotopic (exact) mass is 242 g/mol. The molecule has 0 atom stereocenters. The first-order valence-corrected chi connectivity index (χ1v) is 6.06. The zero-order valence-electron chi connectivity index (χ0n) is 10.1. The van der Waals surface area contributed by atoms with E-state index in [1.807, 2.05) is 12.1 Å². The van der Waals surface area contributed by atoms with E-state index in [9.17, 15) is 4.39 Å². The molecule has 0 radical (unpaired) electrons. The Morgan fingerprint density at radius 3 is 2.28 bits per heavy atom. The molecule has 2 aromatic rings. The molecule has 3 rings (SSSR count). The number of anilines is 1. The fourth-order valence-electron chi connectivity index (χ4n) is 2.48. The summed E-state index contributed by atoms with van der Waals surface area (Å²) in [5, 5.41) is 0. The number of rotatable bonds is 2. The molecule has 3 heteroatoms. The largest absolute Gasteiger partial charge is 0.398 e. The molecule has 0 bridgehead atoms. The minimum atomic E-state index is -0.217. The summed E-state index contributed by atoms with van der Waals surface area (Å²) in [5.41, 5.74) is 9.63. The molecule has 0 spiro atoms. The molecular formula is C15H15FN2. The van der Waals surface area contributed by atoms with E-state index in [2.05, 4.69) is 17.0 Å². The van der Waals surface area contributed by atoms with Crippen LogP contribution >= 0.6 is 0 Å². The van der Waals surface area contributed by atoms with Crippen LogP contribution in [0.3, 0.4) is 0 Å². The van der Waals surface area contributed by atoms with Crippen molar-refractivity contribution in [2.75, 3.05) is 5.73 Å². The van der Waals surface area contributed by atoms with Gasteiger partial charge in [-0.05, 0) is 23.3 Å². The first-order valence-electron chi connectivity index (χ1n) is 6.06. The second kappa shape index (κ2) is 4.42. The van der Waals surface area contributed by atoms with Gasteiger partial charge in [0.2, 0.25) is 0 Å². The number of nitrogens with zero attached hydrogens (tertiary/aromatic N) is 1. The third-order valence-electron chi connectivity index (χ3n) is 3.44. The van der Waals surface area contributed by atoms with Gasteiger partial charge in [0.25, 0.3) is 0 Å². The Balaban J connectivity index is 1.80. The highest BCUT2D eigenvalue weighted by Crippen LogP contribution is 2.26. The van der Waals surface area contributed by atoms with Gasteiger partial charge in [0.1, 0.15) is 5.82 Å². The van der Waals surface area contributed by atoms with Crippen LogP contribution in [-0.2, 0) is 19.6 Å². The van der Waals surface area contributed by atoms with Crippen molar-refractivity contribution in [1.29, 1.82) is 0 Å². The summed E-state index contributed by atoms with van der Waals surface area (Å²) in [6.07, 6.45) is 0. The Kier molecular flexibility index (Phi) is 2.76. The van der Waals surface area contributed by atoms with Crippen molar-refractivity contribution in [2.45, 2.75) is 19.6 Å². The molecule has 1 aliphatic heterocycles. The maximum atomic E-state index is 13.7. The van der Waals surface area contributed by atoms with Gasteiger partial charge < -0.3 is 5.73 Å². The van der Waals surface area contributed by atoms with Gasteiger partial charge in [0, 0.05) is 30.9 Å². The fourth-order valence-corrected chi connectivity index (χ4v) is 2.48. The summed E-state index contributed by atoms with van der Waals surface area (Å²) in [5.74, 6) is -0.217. The molecule has 92 valence electrons. The lowest BCUT2D eigenvalue weighted by Gasteiger charge is -2.16. The van der Waals surface area contributed by atoms with Crippen LogP contribution in [0.5, 0.6) is 0 Å². The topological polar surface area (TPSA) is 29.3 Å². The Labute approximate surface area is 106 Å². The molecule has 0 unspecified atom stereocenters. The SMILES string of the molecule is Nc1cccc(F)c1CN1Cc2ccccc2C1. The van der Waals surface area contributed by atoms with Gasteiger partial charge in [0.15, 0.2) is 0 Å². The lowest BCUT2D eigenvalue weighted by atomic mass is 10.1. The van der Waals surface area contributed by atoms with E-state index < -0.39 is 0 Å². The van der Waals surface area contributed by atoms with Crippen LogP contribution in [0, 0.1) is 5.82 Å². The normalized spacial score (nSPS) is 14.7.